The first-order chi connectivity index (χ1) is 16.1. The van der Waals surface area contributed by atoms with Crippen molar-refractivity contribution in [1.82, 2.24) is 20.0 Å². The molecule has 0 radical (unpaired) electrons. The van der Waals surface area contributed by atoms with E-state index in [4.69, 9.17) is 4.74 Å². The molecular weight excluding hydrogens is 454 g/mol. The van der Waals surface area contributed by atoms with Crippen molar-refractivity contribution in [3.8, 4) is 0 Å². The van der Waals surface area contributed by atoms with Gasteiger partial charge in [-0.3, -0.25) is 0 Å². The van der Waals surface area contributed by atoms with Crippen LogP contribution in [-0.2, 0) is 14.8 Å². The smallest absolute Gasteiger partial charge is 0.407 e. The molecule has 2 aromatic rings. The van der Waals surface area contributed by atoms with E-state index in [0.29, 0.717) is 30.1 Å². The van der Waals surface area contributed by atoms with Gasteiger partial charge in [-0.2, -0.15) is 0 Å². The molecule has 1 aromatic carbocycles. The second-order valence-corrected chi connectivity index (χ2v) is 12.2. The minimum atomic E-state index is -3.52. The monoisotopic (exact) mass is 485 g/mol. The predicted octanol–water partition coefficient (Wildman–Crippen LogP) is 3.82. The van der Waals surface area contributed by atoms with Crippen LogP contribution in [0.1, 0.15) is 63.9 Å². The number of benzene rings is 1. The average molecular weight is 486 g/mol. The Morgan fingerprint density at radius 3 is 2.24 bits per heavy atom. The maximum Gasteiger partial charge on any atom is 0.407 e. The van der Waals surface area contributed by atoms with E-state index in [1.165, 1.54) is 0 Å². The van der Waals surface area contributed by atoms with Gasteiger partial charge in [0.1, 0.15) is 0 Å². The summed E-state index contributed by atoms with van der Waals surface area (Å²) in [4.78, 5) is 20.9. The number of sulfonamides is 1. The lowest BCUT2D eigenvalue weighted by molar-refractivity contribution is 0.0918. The van der Waals surface area contributed by atoms with E-state index in [9.17, 15) is 13.2 Å². The highest BCUT2D eigenvalue weighted by molar-refractivity contribution is 7.89. The summed E-state index contributed by atoms with van der Waals surface area (Å²) in [6, 6.07) is 6.56. The maximum atomic E-state index is 12.5. The molecule has 10 heteroatoms. The van der Waals surface area contributed by atoms with Crippen LogP contribution in [0.2, 0.25) is 0 Å². The predicted molar refractivity (Wildman–Crippen MR) is 127 cm³/mol. The molecule has 3 fully saturated rings. The Hall–Kier alpha value is -2.72. The third kappa shape index (κ3) is 5.50. The molecule has 0 spiro atoms. The normalized spacial score (nSPS) is 23.9. The van der Waals surface area contributed by atoms with Crippen LogP contribution in [0.3, 0.4) is 0 Å². The number of carbonyl (C=O) groups is 1. The zero-order chi connectivity index (χ0) is 24.0. The second-order valence-electron chi connectivity index (χ2n) is 10.5. The van der Waals surface area contributed by atoms with E-state index in [-0.39, 0.29) is 22.1 Å². The Bertz CT molecular complexity index is 1150. The molecule has 5 rings (SSSR count). The van der Waals surface area contributed by atoms with Crippen molar-refractivity contribution < 1.29 is 17.9 Å². The fourth-order valence-electron chi connectivity index (χ4n) is 4.07. The molecule has 1 heterocycles. The largest absolute Gasteiger partial charge is 0.449 e. The summed E-state index contributed by atoms with van der Waals surface area (Å²) in [6.45, 7) is 4.38. The van der Waals surface area contributed by atoms with Gasteiger partial charge in [-0.05, 0) is 94.0 Å². The third-order valence-electron chi connectivity index (χ3n) is 7.03. The molecule has 3 aliphatic rings. The van der Waals surface area contributed by atoms with Crippen LogP contribution in [0.25, 0.3) is 0 Å². The van der Waals surface area contributed by atoms with Crippen LogP contribution in [0.4, 0.5) is 16.4 Å². The van der Waals surface area contributed by atoms with Crippen molar-refractivity contribution in [1.29, 1.82) is 0 Å². The first-order valence-corrected chi connectivity index (χ1v) is 13.3. The topological polar surface area (TPSA) is 122 Å². The summed E-state index contributed by atoms with van der Waals surface area (Å²) >= 11 is 0. The molecule has 0 bridgehead atoms. The lowest BCUT2D eigenvalue weighted by Gasteiger charge is -2.34. The molecule has 0 saturated heterocycles. The Morgan fingerprint density at radius 1 is 1.03 bits per heavy atom. The number of amides is 1. The minimum absolute atomic E-state index is 0.0577. The van der Waals surface area contributed by atoms with Gasteiger partial charge in [0.2, 0.25) is 16.0 Å². The molecule has 3 N–H and O–H groups in total. The SMILES string of the molecule is CC1(NC(=O)OCC2CC(c3cnc(Nc4ccc(S(=O)(=O)NC5(C)CC5)cc4)nc3)C2)CC1. The molecule has 0 aliphatic heterocycles. The number of rotatable bonds is 9. The first kappa shape index (κ1) is 23.0. The minimum Gasteiger partial charge on any atom is -0.449 e. The van der Waals surface area contributed by atoms with Crippen molar-refractivity contribution >= 4 is 27.8 Å². The Balaban J connectivity index is 1.08. The number of ether oxygens (including phenoxy) is 1. The van der Waals surface area contributed by atoms with Crippen LogP contribution < -0.4 is 15.4 Å². The zero-order valence-corrected chi connectivity index (χ0v) is 20.3. The van der Waals surface area contributed by atoms with Crippen LogP contribution in [-0.4, -0.2) is 42.2 Å². The summed E-state index contributed by atoms with van der Waals surface area (Å²) in [5, 5.41) is 6.01. The van der Waals surface area contributed by atoms with Gasteiger partial charge >= 0.3 is 6.09 Å². The Morgan fingerprint density at radius 2 is 1.65 bits per heavy atom. The van der Waals surface area contributed by atoms with Gasteiger partial charge in [0.05, 0.1) is 11.5 Å². The Labute approximate surface area is 200 Å². The number of alkyl carbamates (subject to hydrolysis) is 1. The zero-order valence-electron chi connectivity index (χ0n) is 19.5. The van der Waals surface area contributed by atoms with Crippen LogP contribution >= 0.6 is 0 Å². The van der Waals surface area contributed by atoms with Crippen LogP contribution in [0, 0.1) is 5.92 Å². The van der Waals surface area contributed by atoms with E-state index in [1.807, 2.05) is 26.2 Å². The average Bonchev–Trinajstić information content (AvgIpc) is 3.67. The highest BCUT2D eigenvalue weighted by Gasteiger charge is 2.41. The lowest BCUT2D eigenvalue weighted by Crippen LogP contribution is -2.36. The quantitative estimate of drug-likeness (QED) is 0.493. The van der Waals surface area contributed by atoms with E-state index in [2.05, 4.69) is 25.3 Å². The number of aromatic nitrogens is 2. The van der Waals surface area contributed by atoms with E-state index < -0.39 is 10.0 Å². The maximum absolute atomic E-state index is 12.5. The number of nitrogens with one attached hydrogen (secondary N) is 3. The number of nitrogens with zero attached hydrogens (tertiary/aromatic N) is 2. The van der Waals surface area contributed by atoms with Gasteiger partial charge in [-0.15, -0.1) is 0 Å². The number of hydrogen-bond acceptors (Lipinski definition) is 7. The summed E-state index contributed by atoms with van der Waals surface area (Å²) in [6.07, 6.45) is 8.98. The molecule has 1 amide bonds. The fourth-order valence-corrected chi connectivity index (χ4v) is 5.53. The first-order valence-electron chi connectivity index (χ1n) is 11.8. The van der Waals surface area contributed by atoms with Crippen molar-refractivity contribution in [2.24, 2.45) is 5.92 Å². The van der Waals surface area contributed by atoms with Crippen LogP contribution in [0.15, 0.2) is 41.6 Å². The van der Waals surface area contributed by atoms with Gasteiger partial charge in [-0.1, -0.05) is 0 Å². The standard InChI is InChI=1S/C24H31N5O4S/c1-23(7-8-23)28-22(30)33-15-16-11-17(12-16)18-13-25-21(26-14-18)27-19-3-5-20(6-4-19)34(31,32)29-24(2)9-10-24/h3-6,13-14,16-17,29H,7-12,15H2,1-2H3,(H,28,30)(H,25,26,27). The van der Waals surface area contributed by atoms with E-state index in [0.717, 1.165) is 44.1 Å². The summed E-state index contributed by atoms with van der Waals surface area (Å²) < 4.78 is 33.0. The molecule has 9 nitrogen and oxygen atoms in total. The molecule has 182 valence electrons. The summed E-state index contributed by atoms with van der Waals surface area (Å²) in [7, 11) is -3.52. The van der Waals surface area contributed by atoms with Gasteiger partial charge in [0, 0.05) is 29.2 Å². The van der Waals surface area contributed by atoms with Gasteiger partial charge < -0.3 is 15.4 Å². The number of carbonyl (C=O) groups excluding carboxylic acids is 1. The van der Waals surface area contributed by atoms with Crippen molar-refractivity contribution in [3.05, 3.63) is 42.2 Å². The van der Waals surface area contributed by atoms with Crippen LogP contribution in [0.5, 0.6) is 0 Å². The van der Waals surface area contributed by atoms with Gasteiger partial charge in [0.15, 0.2) is 0 Å². The third-order valence-corrected chi connectivity index (χ3v) is 8.69. The summed E-state index contributed by atoms with van der Waals surface area (Å²) in [5.41, 5.74) is 1.42. The van der Waals surface area contributed by atoms with E-state index in [1.54, 1.807) is 24.3 Å². The van der Waals surface area contributed by atoms with Crippen molar-refractivity contribution in [2.45, 2.75) is 74.3 Å². The highest BCUT2D eigenvalue weighted by atomic mass is 32.2. The highest BCUT2D eigenvalue weighted by Crippen LogP contribution is 2.41. The molecule has 34 heavy (non-hydrogen) atoms. The number of anilines is 2. The Kier molecular flexibility index (Phi) is 5.76. The second kappa shape index (κ2) is 8.49. The molecular formula is C24H31N5O4S. The molecule has 0 atom stereocenters. The van der Waals surface area contributed by atoms with E-state index >= 15 is 0 Å². The van der Waals surface area contributed by atoms with Gasteiger partial charge in [0.25, 0.3) is 0 Å². The fraction of sp³-hybridized carbons (Fsp3) is 0.542. The molecule has 3 saturated carbocycles. The molecule has 3 aliphatic carbocycles. The number of hydrogen-bond donors (Lipinski definition) is 3. The molecule has 1 aromatic heterocycles. The summed E-state index contributed by atoms with van der Waals surface area (Å²) in [5.74, 6) is 1.19. The van der Waals surface area contributed by atoms with Crippen molar-refractivity contribution in [3.63, 3.8) is 0 Å². The van der Waals surface area contributed by atoms with Gasteiger partial charge in [-0.25, -0.2) is 27.9 Å². The molecule has 0 unspecified atom stereocenters. The lowest BCUT2D eigenvalue weighted by atomic mass is 9.72. The van der Waals surface area contributed by atoms with Crippen molar-refractivity contribution in [2.75, 3.05) is 11.9 Å².